The Morgan fingerprint density at radius 1 is 1.32 bits per heavy atom. The van der Waals surface area contributed by atoms with E-state index in [2.05, 4.69) is 38.7 Å². The van der Waals surface area contributed by atoms with E-state index < -0.39 is 0 Å². The predicted molar refractivity (Wildman–Crippen MR) is 84.4 cm³/mol. The van der Waals surface area contributed by atoms with Gasteiger partial charge in [-0.2, -0.15) is 0 Å². The summed E-state index contributed by atoms with van der Waals surface area (Å²) in [5.74, 6) is 0.998. The minimum atomic E-state index is -0.0974. The summed E-state index contributed by atoms with van der Waals surface area (Å²) in [5, 5.41) is 9.37. The summed E-state index contributed by atoms with van der Waals surface area (Å²) in [4.78, 5) is 3.81. The van der Waals surface area contributed by atoms with Gasteiger partial charge >= 0.3 is 0 Å². The quantitative estimate of drug-likeness (QED) is 0.376. The predicted octanol–water partition coefficient (Wildman–Crippen LogP) is 3.99. The standard InChI is InChI=1S/C16H28N2O/c1-11(2)7-8-15(12(3)9-14(5)19)16(17)10-13(4)18-6/h9,11,15-16,19H,3-4,6-8,10,17H2,1-2,5H3/b14-9+. The van der Waals surface area contributed by atoms with Crippen molar-refractivity contribution in [2.75, 3.05) is 0 Å². The SMILES string of the molecule is C=NC(=C)CC(N)C(CCC(C)C)C(=C)/C=C(\C)O. The van der Waals surface area contributed by atoms with Crippen LogP contribution >= 0.6 is 0 Å². The molecule has 0 radical (unpaired) electrons. The van der Waals surface area contributed by atoms with Gasteiger partial charge in [-0.1, -0.05) is 33.4 Å². The Morgan fingerprint density at radius 2 is 1.89 bits per heavy atom. The highest BCUT2D eigenvalue weighted by Crippen LogP contribution is 2.26. The van der Waals surface area contributed by atoms with Crippen LogP contribution in [0.15, 0.2) is 41.3 Å². The fourth-order valence-corrected chi connectivity index (χ4v) is 2.04. The Balaban J connectivity index is 4.83. The van der Waals surface area contributed by atoms with Crippen LogP contribution in [0.1, 0.15) is 40.0 Å². The number of hydrogen-bond donors (Lipinski definition) is 2. The Hall–Kier alpha value is -1.35. The molecule has 0 saturated heterocycles. The zero-order valence-electron chi connectivity index (χ0n) is 12.5. The zero-order valence-corrected chi connectivity index (χ0v) is 12.5. The van der Waals surface area contributed by atoms with Crippen molar-refractivity contribution in [3.63, 3.8) is 0 Å². The van der Waals surface area contributed by atoms with E-state index in [1.165, 1.54) is 0 Å². The summed E-state index contributed by atoms with van der Waals surface area (Å²) < 4.78 is 0. The lowest BCUT2D eigenvalue weighted by molar-refractivity contribution is 0.395. The number of allylic oxidation sites excluding steroid dienone is 2. The van der Waals surface area contributed by atoms with Gasteiger partial charge in [0, 0.05) is 18.2 Å². The molecule has 3 N–H and O–H groups in total. The lowest BCUT2D eigenvalue weighted by Crippen LogP contribution is -2.31. The molecule has 0 aliphatic heterocycles. The van der Waals surface area contributed by atoms with Gasteiger partial charge in [0.05, 0.1) is 5.76 Å². The monoisotopic (exact) mass is 264 g/mol. The summed E-state index contributed by atoms with van der Waals surface area (Å²) in [6.45, 7) is 17.3. The Labute approximate surface area is 117 Å². The molecule has 0 aliphatic carbocycles. The number of aliphatic imine (C=N–C) groups is 1. The van der Waals surface area contributed by atoms with Gasteiger partial charge in [0.15, 0.2) is 0 Å². The molecule has 0 heterocycles. The average Bonchev–Trinajstić information content (AvgIpc) is 2.27. The molecule has 108 valence electrons. The minimum absolute atomic E-state index is 0.0974. The number of nitrogens with zero attached hydrogens (tertiary/aromatic N) is 1. The molecule has 0 aromatic carbocycles. The van der Waals surface area contributed by atoms with Crippen molar-refractivity contribution in [3.8, 4) is 0 Å². The van der Waals surface area contributed by atoms with E-state index in [1.807, 2.05) is 0 Å². The van der Waals surface area contributed by atoms with Gasteiger partial charge in [0.25, 0.3) is 0 Å². The summed E-state index contributed by atoms with van der Waals surface area (Å²) >= 11 is 0. The molecular weight excluding hydrogens is 236 g/mol. The maximum absolute atomic E-state index is 9.37. The van der Waals surface area contributed by atoms with E-state index >= 15 is 0 Å². The minimum Gasteiger partial charge on any atom is -0.513 e. The van der Waals surface area contributed by atoms with Crippen LogP contribution in [-0.4, -0.2) is 17.9 Å². The van der Waals surface area contributed by atoms with Crippen molar-refractivity contribution >= 4 is 6.72 Å². The highest BCUT2D eigenvalue weighted by molar-refractivity contribution is 5.28. The first-order valence-corrected chi connectivity index (χ1v) is 6.74. The van der Waals surface area contributed by atoms with Gasteiger partial charge in [0.1, 0.15) is 0 Å². The highest BCUT2D eigenvalue weighted by Gasteiger charge is 2.21. The van der Waals surface area contributed by atoms with Crippen LogP contribution in [0.25, 0.3) is 0 Å². The Bertz CT molecular complexity index is 352. The number of aliphatic hydroxyl groups is 1. The number of hydrogen-bond acceptors (Lipinski definition) is 3. The van der Waals surface area contributed by atoms with E-state index in [1.54, 1.807) is 13.0 Å². The molecule has 0 saturated carbocycles. The van der Waals surface area contributed by atoms with Crippen molar-refractivity contribution in [3.05, 3.63) is 36.3 Å². The lowest BCUT2D eigenvalue weighted by atomic mass is 9.84. The van der Waals surface area contributed by atoms with E-state index in [-0.39, 0.29) is 17.7 Å². The maximum atomic E-state index is 9.37. The van der Waals surface area contributed by atoms with Gasteiger partial charge in [-0.15, -0.1) is 0 Å². The second-order valence-electron chi connectivity index (χ2n) is 5.53. The first kappa shape index (κ1) is 17.6. The smallest absolute Gasteiger partial charge is 0.0894 e. The molecule has 19 heavy (non-hydrogen) atoms. The van der Waals surface area contributed by atoms with Crippen LogP contribution in [-0.2, 0) is 0 Å². The van der Waals surface area contributed by atoms with Crippen molar-refractivity contribution < 1.29 is 5.11 Å². The van der Waals surface area contributed by atoms with Crippen molar-refractivity contribution in [1.82, 2.24) is 0 Å². The van der Waals surface area contributed by atoms with Crippen molar-refractivity contribution in [2.45, 2.75) is 46.1 Å². The van der Waals surface area contributed by atoms with Gasteiger partial charge < -0.3 is 10.8 Å². The topological polar surface area (TPSA) is 58.6 Å². The summed E-state index contributed by atoms with van der Waals surface area (Å²) in [7, 11) is 0. The highest BCUT2D eigenvalue weighted by atomic mass is 16.3. The first-order valence-electron chi connectivity index (χ1n) is 6.74. The first-order chi connectivity index (χ1) is 8.77. The van der Waals surface area contributed by atoms with Crippen LogP contribution < -0.4 is 5.73 Å². The summed E-state index contributed by atoms with van der Waals surface area (Å²) in [6.07, 6.45) is 4.31. The van der Waals surface area contributed by atoms with Gasteiger partial charge in [-0.05, 0) is 43.5 Å². The molecule has 0 fully saturated rings. The van der Waals surface area contributed by atoms with Crippen LogP contribution in [0.2, 0.25) is 0 Å². The second-order valence-corrected chi connectivity index (χ2v) is 5.53. The van der Waals surface area contributed by atoms with Crippen molar-refractivity contribution in [2.24, 2.45) is 22.6 Å². The van der Waals surface area contributed by atoms with E-state index in [0.29, 0.717) is 18.0 Å². The Morgan fingerprint density at radius 3 is 2.32 bits per heavy atom. The van der Waals surface area contributed by atoms with Crippen LogP contribution in [0.4, 0.5) is 0 Å². The Kier molecular flexibility index (Phi) is 8.08. The largest absolute Gasteiger partial charge is 0.513 e. The van der Waals surface area contributed by atoms with Crippen molar-refractivity contribution in [1.29, 1.82) is 0 Å². The van der Waals surface area contributed by atoms with Gasteiger partial charge in [-0.25, -0.2) is 0 Å². The molecule has 0 aliphatic rings. The van der Waals surface area contributed by atoms with Gasteiger partial charge in [0.2, 0.25) is 0 Å². The van der Waals surface area contributed by atoms with Crippen LogP contribution in [0.3, 0.4) is 0 Å². The second kappa shape index (κ2) is 8.70. The van der Waals surface area contributed by atoms with Crippen LogP contribution in [0.5, 0.6) is 0 Å². The fraction of sp³-hybridized carbons (Fsp3) is 0.562. The molecule has 0 spiro atoms. The molecule has 0 aromatic heterocycles. The summed E-state index contributed by atoms with van der Waals surface area (Å²) in [6, 6.07) is -0.0974. The van der Waals surface area contributed by atoms with E-state index in [0.717, 1.165) is 18.4 Å². The molecule has 0 rings (SSSR count). The fourth-order valence-electron chi connectivity index (χ4n) is 2.04. The van der Waals surface area contributed by atoms with E-state index in [9.17, 15) is 5.11 Å². The third kappa shape index (κ3) is 7.62. The molecule has 3 heteroatoms. The zero-order chi connectivity index (χ0) is 15.0. The normalized spacial score (nSPS) is 15.1. The van der Waals surface area contributed by atoms with Crippen LogP contribution in [0, 0.1) is 11.8 Å². The molecule has 0 bridgehead atoms. The van der Waals surface area contributed by atoms with Gasteiger partial charge in [-0.3, -0.25) is 4.99 Å². The number of nitrogens with two attached hydrogens (primary N) is 1. The molecule has 3 nitrogen and oxygen atoms in total. The number of rotatable bonds is 9. The summed E-state index contributed by atoms with van der Waals surface area (Å²) in [5.41, 5.74) is 7.80. The lowest BCUT2D eigenvalue weighted by Gasteiger charge is -2.25. The molecule has 0 amide bonds. The molecule has 2 atom stereocenters. The molecular formula is C16H28N2O. The van der Waals surface area contributed by atoms with E-state index in [4.69, 9.17) is 5.73 Å². The molecule has 0 aromatic rings. The number of aliphatic hydroxyl groups excluding tert-OH is 1. The average molecular weight is 264 g/mol. The third-order valence-corrected chi connectivity index (χ3v) is 3.14. The molecule has 2 unspecified atom stereocenters. The third-order valence-electron chi connectivity index (χ3n) is 3.14. The maximum Gasteiger partial charge on any atom is 0.0894 e.